The van der Waals surface area contributed by atoms with Crippen LogP contribution in [0.3, 0.4) is 0 Å². The quantitative estimate of drug-likeness (QED) is 0.375. The van der Waals surface area contributed by atoms with Crippen molar-refractivity contribution >= 4 is 30.5 Å². The van der Waals surface area contributed by atoms with Crippen molar-refractivity contribution in [3.63, 3.8) is 0 Å². The van der Waals surface area contributed by atoms with Crippen LogP contribution in [0.4, 0.5) is 13.2 Å². The van der Waals surface area contributed by atoms with Crippen LogP contribution in [0, 0.1) is 24.1 Å². The van der Waals surface area contributed by atoms with Gasteiger partial charge in [-0.25, -0.2) is 22.8 Å². The van der Waals surface area contributed by atoms with E-state index >= 15 is 0 Å². The van der Waals surface area contributed by atoms with E-state index in [1.54, 1.807) is 6.07 Å². The molecular formula is C23H23Cl2F3N8O. The molecule has 0 bridgehead atoms. The highest BCUT2D eigenvalue weighted by Gasteiger charge is 2.28. The fraction of sp³-hybridized carbons (Fsp3) is 0.348. The van der Waals surface area contributed by atoms with Gasteiger partial charge in [-0.1, -0.05) is 5.21 Å². The molecule has 1 atom stereocenters. The van der Waals surface area contributed by atoms with E-state index in [1.807, 2.05) is 17.7 Å². The van der Waals surface area contributed by atoms with Crippen molar-refractivity contribution in [2.24, 2.45) is 0 Å². The van der Waals surface area contributed by atoms with E-state index in [-0.39, 0.29) is 48.1 Å². The number of nitriles is 1. The van der Waals surface area contributed by atoms with Crippen LogP contribution in [0.1, 0.15) is 42.1 Å². The summed E-state index contributed by atoms with van der Waals surface area (Å²) >= 11 is 0. The van der Waals surface area contributed by atoms with Crippen LogP contribution in [0.15, 0.2) is 36.7 Å². The molecule has 0 saturated carbocycles. The molecule has 1 fully saturated rings. The summed E-state index contributed by atoms with van der Waals surface area (Å²) in [5, 5.41) is 21.5. The van der Waals surface area contributed by atoms with Gasteiger partial charge < -0.3 is 10.1 Å². The third kappa shape index (κ3) is 5.49. The molecule has 14 heteroatoms. The zero-order valence-corrected chi connectivity index (χ0v) is 21.1. The summed E-state index contributed by atoms with van der Waals surface area (Å²) in [6.45, 7) is 3.68. The predicted molar refractivity (Wildman–Crippen MR) is 133 cm³/mol. The highest BCUT2D eigenvalue weighted by Crippen LogP contribution is 2.33. The van der Waals surface area contributed by atoms with Crippen molar-refractivity contribution in [1.29, 1.82) is 5.26 Å². The van der Waals surface area contributed by atoms with Crippen molar-refractivity contribution in [1.82, 2.24) is 34.7 Å². The summed E-state index contributed by atoms with van der Waals surface area (Å²) in [6, 6.07) is 7.60. The summed E-state index contributed by atoms with van der Waals surface area (Å²) < 4.78 is 50.2. The number of ether oxygens (including phenoxy) is 1. The van der Waals surface area contributed by atoms with Crippen molar-refractivity contribution in [2.45, 2.75) is 38.3 Å². The number of halogens is 5. The highest BCUT2D eigenvalue weighted by molar-refractivity contribution is 5.85. The van der Waals surface area contributed by atoms with Crippen LogP contribution in [0.5, 0.6) is 5.88 Å². The second kappa shape index (κ2) is 11.8. The number of hydrogen-bond acceptors (Lipinski definition) is 7. The first-order valence-electron chi connectivity index (χ1n) is 11.1. The maximum absolute atomic E-state index is 14.0. The molecule has 4 aromatic heterocycles. The Labute approximate surface area is 222 Å². The minimum atomic E-state index is -2.97. The number of hydrogen-bond donors (Lipinski definition) is 1. The molecule has 5 heterocycles. The van der Waals surface area contributed by atoms with Gasteiger partial charge in [0, 0.05) is 11.6 Å². The highest BCUT2D eigenvalue weighted by atomic mass is 35.5. The summed E-state index contributed by atoms with van der Waals surface area (Å²) in [7, 11) is 0. The molecule has 1 aliphatic heterocycles. The SMILES string of the molecule is Cc1c(-c2cc(OC(c3ccc(F)cn3)C(F)F)n3c(C#N)cnc3c2)nnn1C1CCNCC1.Cl.Cl. The third-order valence-electron chi connectivity index (χ3n) is 6.06. The van der Waals surface area contributed by atoms with Gasteiger partial charge in [0.15, 0.2) is 0 Å². The lowest BCUT2D eigenvalue weighted by molar-refractivity contribution is 0.00489. The van der Waals surface area contributed by atoms with Crippen LogP contribution < -0.4 is 10.1 Å². The first kappa shape index (κ1) is 28.2. The number of nitrogens with one attached hydrogen (secondary N) is 1. The van der Waals surface area contributed by atoms with E-state index < -0.39 is 18.3 Å². The van der Waals surface area contributed by atoms with Crippen molar-refractivity contribution < 1.29 is 17.9 Å². The lowest BCUT2D eigenvalue weighted by Crippen LogP contribution is -2.30. The maximum Gasteiger partial charge on any atom is 0.280 e. The third-order valence-corrected chi connectivity index (χ3v) is 6.06. The summed E-state index contributed by atoms with van der Waals surface area (Å²) in [4.78, 5) is 8.00. The Balaban J connectivity index is 0.00000190. The molecule has 0 aromatic carbocycles. The van der Waals surface area contributed by atoms with Crippen LogP contribution in [-0.4, -0.2) is 48.9 Å². The number of rotatable bonds is 6. The molecule has 0 amide bonds. The van der Waals surface area contributed by atoms with E-state index in [1.165, 1.54) is 16.7 Å². The molecule has 1 unspecified atom stereocenters. The summed E-state index contributed by atoms with van der Waals surface area (Å²) in [6.07, 6.45) is -0.746. The standard InChI is InChI=1S/C23H21F3N8O.2ClH/c1-13-21(31-32-34(13)16-4-6-28-7-5-16)14-8-19-30-12-17(10-27)33(19)20(9-14)35-22(23(25)26)18-3-2-15(24)11-29-18;;/h2-3,8-9,11-12,16,22-23,28H,4-7H2,1H3;2*1H. The van der Waals surface area contributed by atoms with Crippen LogP contribution >= 0.6 is 24.8 Å². The van der Waals surface area contributed by atoms with Gasteiger partial charge in [0.1, 0.15) is 28.9 Å². The van der Waals surface area contributed by atoms with E-state index in [2.05, 4.69) is 25.6 Å². The molecule has 0 aliphatic carbocycles. The molecule has 1 N–H and O–H groups in total. The minimum absolute atomic E-state index is 0. The number of alkyl halides is 2. The largest absolute Gasteiger partial charge is 0.463 e. The average Bonchev–Trinajstić information content (AvgIpc) is 3.46. The number of nitrogens with zero attached hydrogens (tertiary/aromatic N) is 7. The molecule has 196 valence electrons. The van der Waals surface area contributed by atoms with Gasteiger partial charge in [0.25, 0.3) is 6.43 Å². The van der Waals surface area contributed by atoms with Gasteiger partial charge in [-0.15, -0.1) is 29.9 Å². The van der Waals surface area contributed by atoms with E-state index in [0.717, 1.165) is 50.0 Å². The van der Waals surface area contributed by atoms with Gasteiger partial charge in [0.2, 0.25) is 12.0 Å². The fourth-order valence-electron chi connectivity index (χ4n) is 4.31. The minimum Gasteiger partial charge on any atom is -0.463 e. The molecule has 5 rings (SSSR count). The second-order valence-corrected chi connectivity index (χ2v) is 8.25. The molecule has 4 aromatic rings. The zero-order valence-electron chi connectivity index (χ0n) is 19.5. The van der Waals surface area contributed by atoms with E-state index in [0.29, 0.717) is 16.9 Å². The Morgan fingerprint density at radius 3 is 2.54 bits per heavy atom. The van der Waals surface area contributed by atoms with E-state index in [4.69, 9.17) is 4.74 Å². The van der Waals surface area contributed by atoms with Crippen molar-refractivity contribution in [3.8, 4) is 23.2 Å². The monoisotopic (exact) mass is 554 g/mol. The Hall–Kier alpha value is -3.40. The number of piperidine rings is 1. The molecular weight excluding hydrogens is 532 g/mol. The molecule has 9 nitrogen and oxygen atoms in total. The van der Waals surface area contributed by atoms with Crippen molar-refractivity contribution in [3.05, 3.63) is 59.6 Å². The predicted octanol–water partition coefficient (Wildman–Crippen LogP) is 4.46. The van der Waals surface area contributed by atoms with Gasteiger partial charge >= 0.3 is 0 Å². The Morgan fingerprint density at radius 2 is 1.89 bits per heavy atom. The lowest BCUT2D eigenvalue weighted by atomic mass is 10.1. The maximum atomic E-state index is 14.0. The van der Waals surface area contributed by atoms with Gasteiger partial charge in [-0.05, 0) is 51.1 Å². The van der Waals surface area contributed by atoms with Crippen LogP contribution in [0.25, 0.3) is 16.9 Å². The topological polar surface area (TPSA) is 106 Å². The number of aromatic nitrogens is 6. The van der Waals surface area contributed by atoms with Crippen LogP contribution in [0.2, 0.25) is 0 Å². The first-order valence-corrected chi connectivity index (χ1v) is 11.1. The fourth-order valence-corrected chi connectivity index (χ4v) is 4.31. The lowest BCUT2D eigenvalue weighted by Gasteiger charge is -2.23. The number of fused-ring (bicyclic) bond motifs is 1. The molecule has 37 heavy (non-hydrogen) atoms. The van der Waals surface area contributed by atoms with Gasteiger partial charge in [0.05, 0.1) is 29.8 Å². The molecule has 1 saturated heterocycles. The zero-order chi connectivity index (χ0) is 24.5. The number of imidazole rings is 1. The van der Waals surface area contributed by atoms with Crippen molar-refractivity contribution in [2.75, 3.05) is 13.1 Å². The normalized spacial score (nSPS) is 14.6. The Morgan fingerprint density at radius 1 is 1.14 bits per heavy atom. The number of pyridine rings is 2. The first-order chi connectivity index (χ1) is 17.0. The second-order valence-electron chi connectivity index (χ2n) is 8.25. The molecule has 0 radical (unpaired) electrons. The molecule has 0 spiro atoms. The van der Waals surface area contributed by atoms with E-state index in [9.17, 15) is 18.4 Å². The van der Waals surface area contributed by atoms with Gasteiger partial charge in [-0.3, -0.25) is 9.38 Å². The Bertz CT molecular complexity index is 1400. The van der Waals surface area contributed by atoms with Crippen LogP contribution in [-0.2, 0) is 0 Å². The smallest absolute Gasteiger partial charge is 0.280 e. The van der Waals surface area contributed by atoms with Gasteiger partial charge in [-0.2, -0.15) is 5.26 Å². The Kier molecular flexibility index (Phi) is 8.96. The molecule has 1 aliphatic rings. The average molecular weight is 555 g/mol. The summed E-state index contributed by atoms with van der Waals surface area (Å²) in [5.74, 6) is -0.696. The summed E-state index contributed by atoms with van der Waals surface area (Å²) in [5.41, 5.74) is 2.23.